The van der Waals surface area contributed by atoms with Crippen molar-refractivity contribution < 1.29 is 4.79 Å². The number of carbonyl (C=O) groups is 1. The SMILES string of the molecule is CCn1c(CNc2ccccc2Cl)nnc1S[C@H](C)C(=O)Nc1ccc(C)cc1. The average Bonchev–Trinajstić information content (AvgIpc) is 3.10. The summed E-state index contributed by atoms with van der Waals surface area (Å²) in [5.41, 5.74) is 2.79. The quantitative estimate of drug-likeness (QED) is 0.493. The lowest BCUT2D eigenvalue weighted by atomic mass is 10.2. The first kappa shape index (κ1) is 21.2. The number of para-hydroxylation sites is 1. The molecule has 29 heavy (non-hydrogen) atoms. The number of hydrogen-bond acceptors (Lipinski definition) is 5. The van der Waals surface area contributed by atoms with E-state index in [0.717, 1.165) is 27.9 Å². The molecular weight excluding hydrogens is 406 g/mol. The molecule has 0 bridgehead atoms. The number of halogens is 1. The molecule has 3 aromatic rings. The van der Waals surface area contributed by atoms with E-state index in [1.165, 1.54) is 11.8 Å². The summed E-state index contributed by atoms with van der Waals surface area (Å²) in [6, 6.07) is 15.3. The number of anilines is 2. The highest BCUT2D eigenvalue weighted by Gasteiger charge is 2.20. The van der Waals surface area contributed by atoms with Gasteiger partial charge in [0.15, 0.2) is 11.0 Å². The van der Waals surface area contributed by atoms with Crippen molar-refractivity contribution in [2.24, 2.45) is 0 Å². The molecule has 0 aliphatic carbocycles. The Balaban J connectivity index is 1.63. The zero-order valence-corrected chi connectivity index (χ0v) is 18.2. The molecule has 0 spiro atoms. The van der Waals surface area contributed by atoms with Crippen LogP contribution >= 0.6 is 23.4 Å². The van der Waals surface area contributed by atoms with Crippen LogP contribution < -0.4 is 10.6 Å². The van der Waals surface area contributed by atoms with Gasteiger partial charge in [-0.1, -0.05) is 53.2 Å². The van der Waals surface area contributed by atoms with Gasteiger partial charge in [-0.3, -0.25) is 4.79 Å². The number of nitrogens with zero attached hydrogens (tertiary/aromatic N) is 3. The maximum Gasteiger partial charge on any atom is 0.237 e. The van der Waals surface area contributed by atoms with Crippen LogP contribution in [-0.2, 0) is 17.9 Å². The summed E-state index contributed by atoms with van der Waals surface area (Å²) < 4.78 is 2.00. The third kappa shape index (κ3) is 5.52. The molecule has 1 aromatic heterocycles. The lowest BCUT2D eigenvalue weighted by molar-refractivity contribution is -0.115. The minimum absolute atomic E-state index is 0.0692. The van der Waals surface area contributed by atoms with Crippen LogP contribution in [0.1, 0.15) is 25.2 Å². The number of thioether (sulfide) groups is 1. The Morgan fingerprint density at radius 3 is 2.59 bits per heavy atom. The van der Waals surface area contributed by atoms with E-state index < -0.39 is 0 Å². The fourth-order valence-corrected chi connectivity index (χ4v) is 3.86. The van der Waals surface area contributed by atoms with Gasteiger partial charge in [-0.2, -0.15) is 0 Å². The number of hydrogen-bond donors (Lipinski definition) is 2. The van der Waals surface area contributed by atoms with Crippen molar-refractivity contribution in [3.05, 3.63) is 64.9 Å². The number of aromatic nitrogens is 3. The lowest BCUT2D eigenvalue weighted by Gasteiger charge is -2.13. The standard InChI is InChI=1S/C21H24ClN5OS/c1-4-27-19(13-23-18-8-6-5-7-17(18)22)25-26-21(27)29-15(3)20(28)24-16-11-9-14(2)10-12-16/h5-12,15,23H,4,13H2,1-3H3,(H,24,28)/t15-/m1/s1. The summed E-state index contributed by atoms with van der Waals surface area (Å²) in [4.78, 5) is 12.5. The second-order valence-electron chi connectivity index (χ2n) is 6.59. The van der Waals surface area contributed by atoms with Crippen molar-refractivity contribution in [2.75, 3.05) is 10.6 Å². The Hall–Kier alpha value is -2.51. The highest BCUT2D eigenvalue weighted by molar-refractivity contribution is 8.00. The van der Waals surface area contributed by atoms with Crippen LogP contribution in [0.4, 0.5) is 11.4 Å². The van der Waals surface area contributed by atoms with Gasteiger partial charge >= 0.3 is 0 Å². The van der Waals surface area contributed by atoms with Crippen molar-refractivity contribution in [1.29, 1.82) is 0 Å². The molecule has 1 atom stereocenters. The number of nitrogens with one attached hydrogen (secondary N) is 2. The van der Waals surface area contributed by atoms with Crippen LogP contribution in [0.3, 0.4) is 0 Å². The van der Waals surface area contributed by atoms with E-state index in [-0.39, 0.29) is 11.2 Å². The third-order valence-corrected chi connectivity index (χ3v) is 5.80. The number of rotatable bonds is 8. The maximum absolute atomic E-state index is 12.5. The van der Waals surface area contributed by atoms with Gasteiger partial charge in [0.2, 0.25) is 5.91 Å². The minimum Gasteiger partial charge on any atom is -0.377 e. The van der Waals surface area contributed by atoms with E-state index >= 15 is 0 Å². The summed E-state index contributed by atoms with van der Waals surface area (Å²) in [6.07, 6.45) is 0. The Morgan fingerprint density at radius 2 is 1.90 bits per heavy atom. The number of benzene rings is 2. The molecule has 3 rings (SSSR count). The normalized spacial score (nSPS) is 11.9. The Kier molecular flexibility index (Phi) is 7.17. The molecule has 152 valence electrons. The summed E-state index contributed by atoms with van der Waals surface area (Å²) >= 11 is 7.59. The molecule has 1 amide bonds. The molecular formula is C21H24ClN5OS. The molecule has 0 aliphatic heterocycles. The first-order valence-electron chi connectivity index (χ1n) is 9.42. The van der Waals surface area contributed by atoms with Gasteiger partial charge in [0.05, 0.1) is 22.5 Å². The highest BCUT2D eigenvalue weighted by atomic mass is 35.5. The van der Waals surface area contributed by atoms with Crippen molar-refractivity contribution in [1.82, 2.24) is 14.8 Å². The van der Waals surface area contributed by atoms with Crippen molar-refractivity contribution in [3.63, 3.8) is 0 Å². The molecule has 2 aromatic carbocycles. The monoisotopic (exact) mass is 429 g/mol. The van der Waals surface area contributed by atoms with E-state index in [4.69, 9.17) is 11.6 Å². The van der Waals surface area contributed by atoms with Gasteiger partial charge in [0.25, 0.3) is 0 Å². The van der Waals surface area contributed by atoms with Gasteiger partial charge in [-0.05, 0) is 45.0 Å². The number of amides is 1. The molecule has 2 N–H and O–H groups in total. The predicted octanol–water partition coefficient (Wildman–Crippen LogP) is 4.99. The zero-order chi connectivity index (χ0) is 20.8. The van der Waals surface area contributed by atoms with Crippen molar-refractivity contribution in [2.45, 2.75) is 44.3 Å². The van der Waals surface area contributed by atoms with Crippen LogP contribution in [0.15, 0.2) is 53.7 Å². The van der Waals surface area contributed by atoms with E-state index in [1.54, 1.807) is 0 Å². The van der Waals surface area contributed by atoms with Crippen LogP contribution in [0.25, 0.3) is 0 Å². The first-order valence-corrected chi connectivity index (χ1v) is 10.7. The van der Waals surface area contributed by atoms with E-state index in [9.17, 15) is 4.79 Å². The molecule has 8 heteroatoms. The smallest absolute Gasteiger partial charge is 0.237 e. The average molecular weight is 430 g/mol. The Bertz CT molecular complexity index is 973. The summed E-state index contributed by atoms with van der Waals surface area (Å²) in [6.45, 7) is 7.12. The van der Waals surface area contributed by atoms with E-state index in [0.29, 0.717) is 18.1 Å². The summed E-state index contributed by atoms with van der Waals surface area (Å²) in [7, 11) is 0. The molecule has 1 heterocycles. The topological polar surface area (TPSA) is 71.8 Å². The van der Waals surface area contributed by atoms with Crippen molar-refractivity contribution in [3.8, 4) is 0 Å². The van der Waals surface area contributed by atoms with Crippen LogP contribution in [0.5, 0.6) is 0 Å². The molecule has 0 saturated carbocycles. The molecule has 0 radical (unpaired) electrons. The van der Waals surface area contributed by atoms with Gasteiger partial charge in [0, 0.05) is 12.2 Å². The molecule has 0 aliphatic rings. The highest BCUT2D eigenvalue weighted by Crippen LogP contribution is 2.25. The van der Waals surface area contributed by atoms with E-state index in [1.807, 2.05) is 73.9 Å². The third-order valence-electron chi connectivity index (χ3n) is 4.39. The minimum atomic E-state index is -0.310. The largest absolute Gasteiger partial charge is 0.377 e. The molecule has 0 saturated heterocycles. The van der Waals surface area contributed by atoms with E-state index in [2.05, 4.69) is 20.8 Å². The molecule has 0 fully saturated rings. The predicted molar refractivity (Wildman–Crippen MR) is 120 cm³/mol. The van der Waals surface area contributed by atoms with Crippen LogP contribution in [0, 0.1) is 6.92 Å². The number of aryl methyl sites for hydroxylation is 1. The van der Waals surface area contributed by atoms with Gasteiger partial charge in [-0.15, -0.1) is 10.2 Å². The van der Waals surface area contributed by atoms with Crippen LogP contribution in [-0.4, -0.2) is 25.9 Å². The second-order valence-corrected chi connectivity index (χ2v) is 8.31. The zero-order valence-electron chi connectivity index (χ0n) is 16.6. The molecule has 6 nitrogen and oxygen atoms in total. The Morgan fingerprint density at radius 1 is 1.17 bits per heavy atom. The fraction of sp³-hybridized carbons (Fsp3) is 0.286. The maximum atomic E-state index is 12.5. The lowest BCUT2D eigenvalue weighted by Crippen LogP contribution is -2.23. The molecule has 0 unspecified atom stereocenters. The summed E-state index contributed by atoms with van der Waals surface area (Å²) in [5, 5.41) is 15.9. The fourth-order valence-electron chi connectivity index (χ4n) is 2.73. The second kappa shape index (κ2) is 9.80. The van der Waals surface area contributed by atoms with Gasteiger partial charge in [0.1, 0.15) is 0 Å². The summed E-state index contributed by atoms with van der Waals surface area (Å²) in [5.74, 6) is 0.723. The van der Waals surface area contributed by atoms with Crippen molar-refractivity contribution >= 4 is 40.6 Å². The Labute approximate surface area is 180 Å². The van der Waals surface area contributed by atoms with Crippen LogP contribution in [0.2, 0.25) is 5.02 Å². The first-order chi connectivity index (χ1) is 14.0. The van der Waals surface area contributed by atoms with Gasteiger partial charge in [-0.25, -0.2) is 0 Å². The number of carbonyl (C=O) groups excluding carboxylic acids is 1. The van der Waals surface area contributed by atoms with Gasteiger partial charge < -0.3 is 15.2 Å².